The third-order valence-electron chi connectivity index (χ3n) is 3.56. The molecule has 0 spiro atoms. The molecule has 8 heteroatoms. The first kappa shape index (κ1) is 19.6. The Kier molecular flexibility index (Phi) is 6.12. The number of nitrogens with one attached hydrogen (secondary N) is 2. The van der Waals surface area contributed by atoms with Crippen LogP contribution >= 0.6 is 0 Å². The van der Waals surface area contributed by atoms with E-state index < -0.39 is 10.0 Å². The zero-order chi connectivity index (χ0) is 19.3. The molecule has 0 unspecified atom stereocenters. The van der Waals surface area contributed by atoms with E-state index in [1.165, 1.54) is 33.2 Å². The van der Waals surface area contributed by atoms with E-state index in [-0.39, 0.29) is 23.1 Å². The second-order valence-electron chi connectivity index (χ2n) is 5.91. The molecule has 26 heavy (non-hydrogen) atoms. The number of nitrogens with zero attached hydrogens (tertiary/aromatic N) is 1. The highest BCUT2D eigenvalue weighted by Gasteiger charge is 2.16. The zero-order valence-electron chi connectivity index (χ0n) is 14.8. The van der Waals surface area contributed by atoms with E-state index in [1.807, 2.05) is 0 Å². The lowest BCUT2D eigenvalue weighted by atomic mass is 10.1. The van der Waals surface area contributed by atoms with Crippen LogP contribution in [0.3, 0.4) is 0 Å². The molecule has 0 bridgehead atoms. The van der Waals surface area contributed by atoms with Crippen LogP contribution in [0.1, 0.15) is 12.5 Å². The van der Waals surface area contributed by atoms with E-state index in [9.17, 15) is 18.0 Å². The first-order valence-corrected chi connectivity index (χ1v) is 9.31. The van der Waals surface area contributed by atoms with Gasteiger partial charge in [0, 0.05) is 32.4 Å². The number of hydrogen-bond donors (Lipinski definition) is 2. The van der Waals surface area contributed by atoms with Gasteiger partial charge in [-0.3, -0.25) is 9.59 Å². The lowest BCUT2D eigenvalue weighted by Crippen LogP contribution is -2.22. The Labute approximate surface area is 153 Å². The zero-order valence-corrected chi connectivity index (χ0v) is 15.6. The van der Waals surface area contributed by atoms with Crippen LogP contribution in [-0.4, -0.2) is 38.6 Å². The molecule has 138 valence electrons. The Bertz CT molecular complexity index is 889. The fourth-order valence-electron chi connectivity index (χ4n) is 2.22. The topological polar surface area (TPSA) is 95.6 Å². The van der Waals surface area contributed by atoms with Crippen LogP contribution in [0, 0.1) is 0 Å². The Morgan fingerprint density at radius 3 is 1.88 bits per heavy atom. The SMILES string of the molecule is CC(=O)Nc1ccc(CC(=O)Nc2ccc(S(=O)(=O)N(C)C)cc2)cc1. The van der Waals surface area contributed by atoms with Gasteiger partial charge in [-0.05, 0) is 42.0 Å². The van der Waals surface area contributed by atoms with Crippen LogP contribution in [-0.2, 0) is 26.0 Å². The molecule has 2 aromatic carbocycles. The van der Waals surface area contributed by atoms with Gasteiger partial charge in [-0.1, -0.05) is 12.1 Å². The lowest BCUT2D eigenvalue weighted by Gasteiger charge is -2.12. The number of anilines is 2. The Morgan fingerprint density at radius 1 is 0.885 bits per heavy atom. The predicted molar refractivity (Wildman–Crippen MR) is 100 cm³/mol. The van der Waals surface area contributed by atoms with Crippen molar-refractivity contribution in [2.75, 3.05) is 24.7 Å². The average Bonchev–Trinajstić information content (AvgIpc) is 2.56. The van der Waals surface area contributed by atoms with Gasteiger partial charge in [-0.25, -0.2) is 12.7 Å². The molecule has 0 heterocycles. The van der Waals surface area contributed by atoms with Crippen molar-refractivity contribution in [3.8, 4) is 0 Å². The standard InChI is InChI=1S/C18H21N3O4S/c1-13(22)19-15-6-4-14(5-7-15)12-18(23)20-16-8-10-17(11-9-16)26(24,25)21(2)3/h4-11H,12H2,1-3H3,(H,19,22)(H,20,23). The number of rotatable bonds is 6. The van der Waals surface area contributed by atoms with Gasteiger partial charge in [0.25, 0.3) is 0 Å². The molecule has 0 aromatic heterocycles. The maximum atomic E-state index is 12.1. The van der Waals surface area contributed by atoms with Crippen molar-refractivity contribution in [3.05, 3.63) is 54.1 Å². The number of carbonyl (C=O) groups is 2. The van der Waals surface area contributed by atoms with Gasteiger partial charge in [-0.2, -0.15) is 0 Å². The minimum absolute atomic E-state index is 0.157. The molecular weight excluding hydrogens is 354 g/mol. The van der Waals surface area contributed by atoms with E-state index in [4.69, 9.17) is 0 Å². The molecule has 0 fully saturated rings. The molecule has 2 aromatic rings. The number of sulfonamides is 1. The highest BCUT2D eigenvalue weighted by molar-refractivity contribution is 7.89. The van der Waals surface area contributed by atoms with Crippen molar-refractivity contribution in [3.63, 3.8) is 0 Å². The van der Waals surface area contributed by atoms with E-state index >= 15 is 0 Å². The summed E-state index contributed by atoms with van der Waals surface area (Å²) in [6.45, 7) is 1.43. The van der Waals surface area contributed by atoms with Gasteiger partial charge in [-0.15, -0.1) is 0 Å². The van der Waals surface area contributed by atoms with Gasteiger partial charge in [0.1, 0.15) is 0 Å². The van der Waals surface area contributed by atoms with Crippen LogP contribution in [0.5, 0.6) is 0 Å². The lowest BCUT2D eigenvalue weighted by molar-refractivity contribution is -0.116. The minimum atomic E-state index is -3.49. The summed E-state index contributed by atoms with van der Waals surface area (Å²) in [6, 6.07) is 13.0. The molecule has 0 aliphatic heterocycles. The molecule has 0 aliphatic carbocycles. The monoisotopic (exact) mass is 375 g/mol. The molecule has 7 nitrogen and oxygen atoms in total. The summed E-state index contributed by atoms with van der Waals surface area (Å²) in [5.74, 6) is -0.379. The number of amides is 2. The Hall–Kier alpha value is -2.71. The van der Waals surface area contributed by atoms with Crippen molar-refractivity contribution >= 4 is 33.2 Å². The normalized spacial score (nSPS) is 11.2. The summed E-state index contributed by atoms with van der Waals surface area (Å²) in [7, 11) is -0.572. The average molecular weight is 375 g/mol. The molecule has 0 saturated carbocycles. The van der Waals surface area contributed by atoms with Crippen LogP contribution in [0.2, 0.25) is 0 Å². The Morgan fingerprint density at radius 2 is 1.38 bits per heavy atom. The summed E-state index contributed by atoms with van der Waals surface area (Å²) >= 11 is 0. The molecule has 0 atom stereocenters. The molecule has 2 rings (SSSR count). The quantitative estimate of drug-likeness (QED) is 0.808. The minimum Gasteiger partial charge on any atom is -0.326 e. The molecule has 2 N–H and O–H groups in total. The van der Waals surface area contributed by atoms with E-state index in [0.717, 1.165) is 9.87 Å². The predicted octanol–water partition coefficient (Wildman–Crippen LogP) is 2.08. The summed E-state index contributed by atoms with van der Waals surface area (Å²) in [5, 5.41) is 5.39. The van der Waals surface area contributed by atoms with Crippen molar-refractivity contribution in [2.45, 2.75) is 18.2 Å². The van der Waals surface area contributed by atoms with Crippen LogP contribution in [0.4, 0.5) is 11.4 Å². The molecular formula is C18H21N3O4S. The molecule has 2 amide bonds. The highest BCUT2D eigenvalue weighted by Crippen LogP contribution is 2.17. The van der Waals surface area contributed by atoms with Gasteiger partial charge >= 0.3 is 0 Å². The molecule has 0 saturated heterocycles. The van der Waals surface area contributed by atoms with Crippen LogP contribution in [0.25, 0.3) is 0 Å². The maximum absolute atomic E-state index is 12.1. The summed E-state index contributed by atoms with van der Waals surface area (Å²) < 4.78 is 25.2. The van der Waals surface area contributed by atoms with Crippen molar-refractivity contribution in [1.29, 1.82) is 0 Å². The van der Waals surface area contributed by atoms with Gasteiger partial charge < -0.3 is 10.6 Å². The second kappa shape index (κ2) is 8.11. The molecule has 0 aliphatic rings. The maximum Gasteiger partial charge on any atom is 0.242 e. The smallest absolute Gasteiger partial charge is 0.242 e. The third-order valence-corrected chi connectivity index (χ3v) is 5.38. The second-order valence-corrected chi connectivity index (χ2v) is 8.07. The number of hydrogen-bond acceptors (Lipinski definition) is 4. The van der Waals surface area contributed by atoms with Crippen molar-refractivity contribution < 1.29 is 18.0 Å². The van der Waals surface area contributed by atoms with E-state index in [1.54, 1.807) is 36.4 Å². The largest absolute Gasteiger partial charge is 0.326 e. The van der Waals surface area contributed by atoms with Crippen molar-refractivity contribution in [1.82, 2.24) is 4.31 Å². The fourth-order valence-corrected chi connectivity index (χ4v) is 3.12. The Balaban J connectivity index is 1.98. The van der Waals surface area contributed by atoms with Gasteiger partial charge in [0.15, 0.2) is 0 Å². The van der Waals surface area contributed by atoms with E-state index in [0.29, 0.717) is 11.4 Å². The van der Waals surface area contributed by atoms with Gasteiger partial charge in [0.05, 0.1) is 11.3 Å². The highest BCUT2D eigenvalue weighted by atomic mass is 32.2. The first-order chi connectivity index (χ1) is 12.2. The van der Waals surface area contributed by atoms with Gasteiger partial charge in [0.2, 0.25) is 21.8 Å². The number of carbonyl (C=O) groups excluding carboxylic acids is 2. The number of benzene rings is 2. The molecule has 0 radical (unpaired) electrons. The summed E-state index contributed by atoms with van der Waals surface area (Å²) in [6.07, 6.45) is 0.165. The van der Waals surface area contributed by atoms with Crippen molar-refractivity contribution in [2.24, 2.45) is 0 Å². The summed E-state index contributed by atoms with van der Waals surface area (Å²) in [5.41, 5.74) is 1.98. The first-order valence-electron chi connectivity index (χ1n) is 7.87. The third kappa shape index (κ3) is 5.14. The summed E-state index contributed by atoms with van der Waals surface area (Å²) in [4.78, 5) is 23.3. The van der Waals surface area contributed by atoms with E-state index in [2.05, 4.69) is 10.6 Å². The fraction of sp³-hybridized carbons (Fsp3) is 0.222. The van der Waals surface area contributed by atoms with Crippen LogP contribution in [0.15, 0.2) is 53.4 Å². The van der Waals surface area contributed by atoms with Crippen LogP contribution < -0.4 is 10.6 Å².